The summed E-state index contributed by atoms with van der Waals surface area (Å²) in [5, 5.41) is 2.17. The number of pyridine rings is 1. The van der Waals surface area contributed by atoms with Crippen molar-refractivity contribution in [2.45, 2.75) is 19.4 Å². The molecule has 0 radical (unpaired) electrons. The minimum atomic E-state index is -0.431. The maximum Gasteiger partial charge on any atom is 0.306 e. The van der Waals surface area contributed by atoms with Gasteiger partial charge in [-0.25, -0.2) is 4.98 Å². The lowest BCUT2D eigenvalue weighted by molar-refractivity contribution is -0.395. The lowest BCUT2D eigenvalue weighted by Crippen LogP contribution is -2.21. The molecule has 0 bridgehead atoms. The number of carbonyl (C=O) groups is 1. The molecule has 0 fully saturated rings. The van der Waals surface area contributed by atoms with Crippen LogP contribution in [0, 0.1) is 0 Å². The summed E-state index contributed by atoms with van der Waals surface area (Å²) in [6, 6.07) is 19.9. The van der Waals surface area contributed by atoms with E-state index in [4.69, 9.17) is 4.74 Å². The predicted octanol–water partition coefficient (Wildman–Crippen LogP) is 3.70. The van der Waals surface area contributed by atoms with E-state index in [-0.39, 0.29) is 5.97 Å². The van der Waals surface area contributed by atoms with Gasteiger partial charge in [0.2, 0.25) is 11.8 Å². The van der Waals surface area contributed by atoms with Crippen LogP contribution in [0.4, 0.5) is 0 Å². The molecule has 1 atom stereocenters. The standard InChI is InChI=1S/C19H17NO2/c1-2-17(21)22-19(15-9-4-3-5-10-15)18-16-11-7-6-8-14(16)12-13-20-18/h3-13,19H,2H2,1H3/p+1. The summed E-state index contributed by atoms with van der Waals surface area (Å²) in [7, 11) is 0. The number of hydrogen-bond donors (Lipinski definition) is 0. The lowest BCUT2D eigenvalue weighted by atomic mass is 10.0. The Labute approximate surface area is 129 Å². The molecule has 1 heterocycles. The Bertz CT molecular complexity index is 778. The van der Waals surface area contributed by atoms with Gasteiger partial charge in [0.15, 0.2) is 6.20 Å². The minimum Gasteiger partial charge on any atom is -0.446 e. The molecule has 0 spiro atoms. The zero-order valence-corrected chi connectivity index (χ0v) is 12.5. The Balaban J connectivity index is 2.13. The van der Waals surface area contributed by atoms with Crippen LogP contribution in [0.5, 0.6) is 0 Å². The number of nitrogens with one attached hydrogen (secondary N) is 1. The molecule has 3 rings (SSSR count). The highest BCUT2D eigenvalue weighted by atomic mass is 16.5. The molecule has 0 aliphatic rings. The number of benzene rings is 2. The van der Waals surface area contributed by atoms with Crippen molar-refractivity contribution in [1.29, 1.82) is 0 Å². The number of aromatic amines is 1. The molecule has 0 saturated heterocycles. The Kier molecular flexibility index (Phi) is 4.15. The van der Waals surface area contributed by atoms with Crippen molar-refractivity contribution >= 4 is 16.7 Å². The van der Waals surface area contributed by atoms with Crippen LogP contribution in [-0.4, -0.2) is 5.97 Å². The van der Waals surface area contributed by atoms with Crippen molar-refractivity contribution in [2.24, 2.45) is 0 Å². The topological polar surface area (TPSA) is 40.4 Å². The Morgan fingerprint density at radius 3 is 2.55 bits per heavy atom. The fraction of sp³-hybridized carbons (Fsp3) is 0.158. The van der Waals surface area contributed by atoms with Gasteiger partial charge in [0.25, 0.3) is 0 Å². The van der Waals surface area contributed by atoms with Crippen molar-refractivity contribution < 1.29 is 14.5 Å². The first-order valence-corrected chi connectivity index (χ1v) is 7.43. The molecule has 3 heteroatoms. The molecule has 0 aliphatic carbocycles. The van der Waals surface area contributed by atoms with Crippen LogP contribution < -0.4 is 4.98 Å². The number of fused-ring (bicyclic) bond motifs is 1. The van der Waals surface area contributed by atoms with Crippen LogP contribution in [0.25, 0.3) is 10.8 Å². The average Bonchev–Trinajstić information content (AvgIpc) is 2.60. The van der Waals surface area contributed by atoms with Gasteiger partial charge >= 0.3 is 5.97 Å². The molecule has 0 saturated carbocycles. The molecule has 1 unspecified atom stereocenters. The van der Waals surface area contributed by atoms with Crippen LogP contribution in [-0.2, 0) is 9.53 Å². The molecule has 0 amide bonds. The number of carbonyl (C=O) groups excluding carboxylic acids is 1. The SMILES string of the molecule is CCC(=O)OC(c1ccccc1)c1[nH+]ccc2ccccc12. The fourth-order valence-corrected chi connectivity index (χ4v) is 2.54. The van der Waals surface area contributed by atoms with Gasteiger partial charge in [-0.15, -0.1) is 0 Å². The third kappa shape index (κ3) is 2.84. The maximum absolute atomic E-state index is 11.9. The zero-order valence-electron chi connectivity index (χ0n) is 12.5. The fourth-order valence-electron chi connectivity index (χ4n) is 2.54. The predicted molar refractivity (Wildman–Crippen MR) is 85.2 cm³/mol. The lowest BCUT2D eigenvalue weighted by Gasteiger charge is -2.15. The molecule has 3 nitrogen and oxygen atoms in total. The van der Waals surface area contributed by atoms with Crippen molar-refractivity contribution in [3.63, 3.8) is 0 Å². The second kappa shape index (κ2) is 6.39. The monoisotopic (exact) mass is 292 g/mol. The second-order valence-electron chi connectivity index (χ2n) is 5.11. The first-order chi connectivity index (χ1) is 10.8. The van der Waals surface area contributed by atoms with E-state index in [2.05, 4.69) is 11.1 Å². The number of esters is 1. The first-order valence-electron chi connectivity index (χ1n) is 7.43. The molecule has 0 aliphatic heterocycles. The van der Waals surface area contributed by atoms with Gasteiger partial charge in [-0.2, -0.15) is 0 Å². The van der Waals surface area contributed by atoms with Crippen LogP contribution in [0.15, 0.2) is 66.9 Å². The van der Waals surface area contributed by atoms with Gasteiger partial charge < -0.3 is 4.74 Å². The van der Waals surface area contributed by atoms with Crippen molar-refractivity contribution in [2.75, 3.05) is 0 Å². The normalized spacial score (nSPS) is 12.0. The summed E-state index contributed by atoms with van der Waals surface area (Å²) >= 11 is 0. The first kappa shape index (κ1) is 14.3. The van der Waals surface area contributed by atoms with Crippen molar-refractivity contribution in [3.05, 3.63) is 78.1 Å². The third-order valence-corrected chi connectivity index (χ3v) is 3.66. The van der Waals surface area contributed by atoms with E-state index in [1.54, 1.807) is 6.92 Å². The van der Waals surface area contributed by atoms with Gasteiger partial charge in [0.1, 0.15) is 0 Å². The van der Waals surface area contributed by atoms with Gasteiger partial charge in [-0.05, 0) is 11.5 Å². The van der Waals surface area contributed by atoms with Crippen LogP contribution in [0.3, 0.4) is 0 Å². The Hall–Kier alpha value is -2.68. The second-order valence-corrected chi connectivity index (χ2v) is 5.11. The molecular formula is C19H18NO2+. The number of aromatic nitrogens is 1. The van der Waals surface area contributed by atoms with E-state index in [1.807, 2.05) is 60.8 Å². The van der Waals surface area contributed by atoms with Gasteiger partial charge in [-0.3, -0.25) is 4.79 Å². The van der Waals surface area contributed by atoms with Gasteiger partial charge in [-0.1, -0.05) is 55.5 Å². The zero-order chi connectivity index (χ0) is 15.4. The van der Waals surface area contributed by atoms with Gasteiger partial charge in [0.05, 0.1) is 5.39 Å². The molecule has 22 heavy (non-hydrogen) atoms. The largest absolute Gasteiger partial charge is 0.446 e. The summed E-state index contributed by atoms with van der Waals surface area (Å²) in [5.41, 5.74) is 1.85. The highest BCUT2D eigenvalue weighted by Gasteiger charge is 2.26. The highest BCUT2D eigenvalue weighted by Crippen LogP contribution is 2.28. The van der Waals surface area contributed by atoms with Crippen LogP contribution >= 0.6 is 0 Å². The highest BCUT2D eigenvalue weighted by molar-refractivity contribution is 5.84. The van der Waals surface area contributed by atoms with E-state index in [9.17, 15) is 4.79 Å². The van der Waals surface area contributed by atoms with E-state index in [0.29, 0.717) is 6.42 Å². The smallest absolute Gasteiger partial charge is 0.306 e. The van der Waals surface area contributed by atoms with E-state index in [0.717, 1.165) is 22.0 Å². The van der Waals surface area contributed by atoms with Crippen LogP contribution in [0.2, 0.25) is 0 Å². The molecule has 3 aromatic rings. The van der Waals surface area contributed by atoms with E-state index < -0.39 is 6.10 Å². The number of ether oxygens (including phenoxy) is 1. The number of H-pyrrole nitrogens is 1. The van der Waals surface area contributed by atoms with Crippen LogP contribution in [0.1, 0.15) is 30.7 Å². The Morgan fingerprint density at radius 1 is 1.05 bits per heavy atom. The van der Waals surface area contributed by atoms with E-state index >= 15 is 0 Å². The quantitative estimate of drug-likeness (QED) is 0.688. The average molecular weight is 292 g/mol. The summed E-state index contributed by atoms with van der Waals surface area (Å²) in [4.78, 5) is 15.1. The summed E-state index contributed by atoms with van der Waals surface area (Å²) in [6.45, 7) is 1.80. The maximum atomic E-state index is 11.9. The van der Waals surface area contributed by atoms with Crippen molar-refractivity contribution in [1.82, 2.24) is 0 Å². The molecule has 1 N–H and O–H groups in total. The minimum absolute atomic E-state index is 0.213. The molecular weight excluding hydrogens is 274 g/mol. The Morgan fingerprint density at radius 2 is 1.77 bits per heavy atom. The molecule has 2 aromatic carbocycles. The summed E-state index contributed by atoms with van der Waals surface area (Å²) in [6.07, 6.45) is 1.81. The number of rotatable bonds is 4. The summed E-state index contributed by atoms with van der Waals surface area (Å²) < 4.78 is 5.71. The van der Waals surface area contributed by atoms with E-state index in [1.165, 1.54) is 0 Å². The van der Waals surface area contributed by atoms with Crippen molar-refractivity contribution in [3.8, 4) is 0 Å². The number of hydrogen-bond acceptors (Lipinski definition) is 2. The third-order valence-electron chi connectivity index (χ3n) is 3.66. The molecule has 110 valence electrons. The van der Waals surface area contributed by atoms with Gasteiger partial charge in [0, 0.05) is 18.1 Å². The molecule has 1 aromatic heterocycles. The summed E-state index contributed by atoms with van der Waals surface area (Å²) in [5.74, 6) is -0.213.